The van der Waals surface area contributed by atoms with Gasteiger partial charge in [0.05, 0.1) is 17.0 Å². The Labute approximate surface area is 98.0 Å². The van der Waals surface area contributed by atoms with Gasteiger partial charge in [-0.15, -0.1) is 0 Å². The molecule has 1 aliphatic carbocycles. The summed E-state index contributed by atoms with van der Waals surface area (Å²) in [7, 11) is 0. The molecule has 5 nitrogen and oxygen atoms in total. The summed E-state index contributed by atoms with van der Waals surface area (Å²) >= 11 is 0. The van der Waals surface area contributed by atoms with E-state index in [1.54, 1.807) is 12.1 Å². The lowest BCUT2D eigenvalue weighted by Crippen LogP contribution is -1.98. The van der Waals surface area contributed by atoms with Crippen molar-refractivity contribution in [1.29, 1.82) is 0 Å². The molecule has 1 heterocycles. The van der Waals surface area contributed by atoms with Gasteiger partial charge in [-0.1, -0.05) is 6.08 Å². The van der Waals surface area contributed by atoms with Gasteiger partial charge in [-0.3, -0.25) is 10.1 Å². The largest absolute Gasteiger partial charge is 0.269 e. The predicted molar refractivity (Wildman–Crippen MR) is 62.7 cm³/mol. The molecule has 1 aromatic rings. The Morgan fingerprint density at radius 2 is 1.76 bits per heavy atom. The zero-order chi connectivity index (χ0) is 11.8. The summed E-state index contributed by atoms with van der Waals surface area (Å²) in [4.78, 5) is 10.1. The van der Waals surface area contributed by atoms with Crippen molar-refractivity contribution in [3.05, 3.63) is 45.5 Å². The standard InChI is InChI=1S/C12H11N3O2/c16-15(17)9-3-1-8(2-4-9)7-10-11-5-6-12(10)14-13-11/h1-4,7,11-12H,5-6H2/t11-,12+. The van der Waals surface area contributed by atoms with E-state index in [4.69, 9.17) is 0 Å². The molecule has 2 bridgehead atoms. The van der Waals surface area contributed by atoms with E-state index in [-0.39, 0.29) is 22.7 Å². The molecule has 17 heavy (non-hydrogen) atoms. The first-order valence-corrected chi connectivity index (χ1v) is 5.60. The minimum Gasteiger partial charge on any atom is -0.258 e. The molecule has 0 saturated heterocycles. The van der Waals surface area contributed by atoms with Crippen LogP contribution in [0.4, 0.5) is 5.69 Å². The Balaban J connectivity index is 1.87. The van der Waals surface area contributed by atoms with Crippen LogP contribution in [0.2, 0.25) is 0 Å². The van der Waals surface area contributed by atoms with Crippen LogP contribution in [0, 0.1) is 10.1 Å². The van der Waals surface area contributed by atoms with E-state index < -0.39 is 0 Å². The number of non-ortho nitro benzene ring substituents is 1. The molecule has 0 N–H and O–H groups in total. The fourth-order valence-electron chi connectivity index (χ4n) is 2.36. The Kier molecular flexibility index (Phi) is 2.24. The first-order chi connectivity index (χ1) is 8.24. The molecule has 0 amide bonds. The highest BCUT2D eigenvalue weighted by molar-refractivity contribution is 5.58. The van der Waals surface area contributed by atoms with E-state index in [2.05, 4.69) is 16.3 Å². The summed E-state index contributed by atoms with van der Waals surface area (Å²) in [5.74, 6) is 0. The van der Waals surface area contributed by atoms with Crippen LogP contribution >= 0.6 is 0 Å². The molecule has 3 rings (SSSR count). The van der Waals surface area contributed by atoms with Gasteiger partial charge in [0.2, 0.25) is 0 Å². The zero-order valence-corrected chi connectivity index (χ0v) is 9.11. The number of hydrogen-bond acceptors (Lipinski definition) is 4. The van der Waals surface area contributed by atoms with Gasteiger partial charge < -0.3 is 0 Å². The first-order valence-electron chi connectivity index (χ1n) is 5.60. The van der Waals surface area contributed by atoms with Crippen molar-refractivity contribution in [1.82, 2.24) is 0 Å². The normalized spacial score (nSPS) is 27.9. The maximum Gasteiger partial charge on any atom is 0.269 e. The summed E-state index contributed by atoms with van der Waals surface area (Å²) in [5.41, 5.74) is 2.35. The third-order valence-corrected chi connectivity index (χ3v) is 3.27. The molecule has 2 atom stereocenters. The third kappa shape index (κ3) is 1.73. The lowest BCUT2D eigenvalue weighted by molar-refractivity contribution is -0.384. The fourth-order valence-corrected chi connectivity index (χ4v) is 2.36. The highest BCUT2D eigenvalue weighted by Gasteiger charge is 2.35. The number of hydrogen-bond donors (Lipinski definition) is 0. The number of azo groups is 1. The number of benzene rings is 1. The van der Waals surface area contributed by atoms with E-state index in [1.165, 1.54) is 17.7 Å². The maximum atomic E-state index is 10.5. The van der Waals surface area contributed by atoms with Crippen LogP contribution in [0.15, 0.2) is 40.1 Å². The average Bonchev–Trinajstić information content (AvgIpc) is 2.90. The lowest BCUT2D eigenvalue weighted by atomic mass is 10.1. The van der Waals surface area contributed by atoms with Gasteiger partial charge in [-0.25, -0.2) is 0 Å². The second-order valence-corrected chi connectivity index (χ2v) is 4.33. The molecule has 0 aromatic heterocycles. The number of fused-ring (bicyclic) bond motifs is 2. The molecule has 5 heteroatoms. The van der Waals surface area contributed by atoms with Crippen LogP contribution < -0.4 is 0 Å². The fraction of sp³-hybridized carbons (Fsp3) is 0.333. The van der Waals surface area contributed by atoms with E-state index in [0.29, 0.717) is 0 Å². The van der Waals surface area contributed by atoms with E-state index in [1.807, 2.05) is 0 Å². The van der Waals surface area contributed by atoms with Crippen molar-refractivity contribution in [3.8, 4) is 0 Å². The number of nitro benzene ring substituents is 1. The van der Waals surface area contributed by atoms with Crippen molar-refractivity contribution >= 4 is 11.8 Å². The first kappa shape index (κ1) is 10.1. The molecule has 1 fully saturated rings. The van der Waals surface area contributed by atoms with E-state index in [0.717, 1.165) is 18.4 Å². The molecule has 0 spiro atoms. The van der Waals surface area contributed by atoms with Gasteiger partial charge >= 0.3 is 0 Å². The Morgan fingerprint density at radius 1 is 1.18 bits per heavy atom. The summed E-state index contributed by atoms with van der Waals surface area (Å²) in [6.45, 7) is 0. The zero-order valence-electron chi connectivity index (χ0n) is 9.11. The molecule has 1 aromatic carbocycles. The Morgan fingerprint density at radius 3 is 2.24 bits per heavy atom. The van der Waals surface area contributed by atoms with Crippen LogP contribution in [0.1, 0.15) is 18.4 Å². The number of nitro groups is 1. The van der Waals surface area contributed by atoms with Gasteiger partial charge in [0.25, 0.3) is 5.69 Å². The molecular formula is C12H11N3O2. The Bertz CT molecular complexity index is 503. The van der Waals surface area contributed by atoms with Crippen molar-refractivity contribution in [3.63, 3.8) is 0 Å². The van der Waals surface area contributed by atoms with E-state index >= 15 is 0 Å². The average molecular weight is 229 g/mol. The third-order valence-electron chi connectivity index (χ3n) is 3.27. The summed E-state index contributed by atoms with van der Waals surface area (Å²) in [6.07, 6.45) is 4.21. The predicted octanol–water partition coefficient (Wildman–Crippen LogP) is 2.98. The van der Waals surface area contributed by atoms with Crippen LogP contribution in [-0.4, -0.2) is 17.0 Å². The quantitative estimate of drug-likeness (QED) is 0.577. The smallest absolute Gasteiger partial charge is 0.258 e. The highest BCUT2D eigenvalue weighted by atomic mass is 16.6. The summed E-state index contributed by atoms with van der Waals surface area (Å²) < 4.78 is 0. The van der Waals surface area contributed by atoms with Gasteiger partial charge in [-0.05, 0) is 36.1 Å². The Hall–Kier alpha value is -2.04. The van der Waals surface area contributed by atoms with Crippen LogP contribution in [0.3, 0.4) is 0 Å². The highest BCUT2D eigenvalue weighted by Crippen LogP contribution is 2.37. The number of nitrogens with zero attached hydrogens (tertiary/aromatic N) is 3. The summed E-state index contributed by atoms with van der Waals surface area (Å²) in [6, 6.07) is 7.08. The molecule has 2 aliphatic rings. The summed E-state index contributed by atoms with van der Waals surface area (Å²) in [5, 5.41) is 18.9. The van der Waals surface area contributed by atoms with E-state index in [9.17, 15) is 10.1 Å². The van der Waals surface area contributed by atoms with Crippen molar-refractivity contribution < 1.29 is 4.92 Å². The second kappa shape index (κ2) is 3.76. The van der Waals surface area contributed by atoms with Crippen LogP contribution in [0.5, 0.6) is 0 Å². The van der Waals surface area contributed by atoms with Crippen molar-refractivity contribution in [2.24, 2.45) is 10.2 Å². The maximum absolute atomic E-state index is 10.5. The molecular weight excluding hydrogens is 218 g/mol. The minimum atomic E-state index is -0.388. The molecule has 1 aliphatic heterocycles. The monoisotopic (exact) mass is 229 g/mol. The molecule has 0 radical (unpaired) electrons. The van der Waals surface area contributed by atoms with Gasteiger partial charge in [0.15, 0.2) is 0 Å². The van der Waals surface area contributed by atoms with Gasteiger partial charge in [-0.2, -0.15) is 10.2 Å². The van der Waals surface area contributed by atoms with Crippen LogP contribution in [-0.2, 0) is 0 Å². The number of rotatable bonds is 2. The van der Waals surface area contributed by atoms with Crippen molar-refractivity contribution in [2.75, 3.05) is 0 Å². The van der Waals surface area contributed by atoms with Gasteiger partial charge in [0.1, 0.15) is 0 Å². The molecule has 0 unspecified atom stereocenters. The topological polar surface area (TPSA) is 67.9 Å². The molecule has 86 valence electrons. The SMILES string of the molecule is O=[N+]([O-])c1ccc(C=C2[C@@H]3CC[C@H]2N=N3)cc1. The van der Waals surface area contributed by atoms with Crippen LogP contribution in [0.25, 0.3) is 6.08 Å². The van der Waals surface area contributed by atoms with Crippen molar-refractivity contribution in [2.45, 2.75) is 24.9 Å². The molecule has 1 saturated carbocycles. The lowest BCUT2D eigenvalue weighted by Gasteiger charge is -2.00. The minimum absolute atomic E-state index is 0.121. The van der Waals surface area contributed by atoms with Gasteiger partial charge in [0, 0.05) is 12.1 Å². The second-order valence-electron chi connectivity index (χ2n) is 4.33.